The zero-order chi connectivity index (χ0) is 19.1. The number of hydrogen-bond donors (Lipinski definition) is 0. The highest BCUT2D eigenvalue weighted by Crippen LogP contribution is 2.48. The fourth-order valence-electron chi connectivity index (χ4n) is 3.86. The Morgan fingerprint density at radius 3 is 1.43 bits per heavy atom. The lowest BCUT2D eigenvalue weighted by Crippen LogP contribution is -2.08. The van der Waals surface area contributed by atoms with E-state index in [4.69, 9.17) is 0 Å². The van der Waals surface area contributed by atoms with Crippen LogP contribution in [0, 0.1) is 5.41 Å². The number of thioether (sulfide) groups is 1. The Kier molecular flexibility index (Phi) is 4.14. The molecule has 0 amide bonds. The summed E-state index contributed by atoms with van der Waals surface area (Å²) in [5, 5.41) is 5.16. The summed E-state index contributed by atoms with van der Waals surface area (Å²) < 4.78 is 0. The molecule has 0 saturated heterocycles. The summed E-state index contributed by atoms with van der Waals surface area (Å²) in [6.45, 7) is 4.57. The molecule has 28 heavy (non-hydrogen) atoms. The summed E-state index contributed by atoms with van der Waals surface area (Å²) >= 11 is 1.88. The van der Waals surface area contributed by atoms with Crippen LogP contribution < -0.4 is 0 Å². The lowest BCUT2D eigenvalue weighted by Gasteiger charge is -2.26. The van der Waals surface area contributed by atoms with Crippen LogP contribution in [0.25, 0.3) is 31.4 Å². The highest BCUT2D eigenvalue weighted by molar-refractivity contribution is 8.16. The Morgan fingerprint density at radius 2 is 0.964 bits per heavy atom. The van der Waals surface area contributed by atoms with Crippen molar-refractivity contribution in [3.63, 3.8) is 0 Å². The standard InChI is InChI=1S/C27H22S/c1-27(2)17-25(23-13-11-19-7-3-5-9-21(19)15-23)28-26(18-27)24-14-12-20-8-4-6-10-22(20)16-24/h3-18H,1-2H3. The summed E-state index contributed by atoms with van der Waals surface area (Å²) in [6.07, 6.45) is 4.79. The molecule has 1 aliphatic rings. The second-order valence-electron chi connectivity index (χ2n) is 8.06. The predicted octanol–water partition coefficient (Wildman–Crippen LogP) is 8.15. The molecule has 0 aliphatic carbocycles. The average Bonchev–Trinajstić information content (AvgIpc) is 2.72. The molecule has 0 atom stereocenters. The van der Waals surface area contributed by atoms with E-state index in [1.165, 1.54) is 42.5 Å². The minimum atomic E-state index is 0.0210. The number of allylic oxidation sites excluding steroid dienone is 2. The van der Waals surface area contributed by atoms with Crippen LogP contribution in [0.1, 0.15) is 25.0 Å². The Bertz CT molecular complexity index is 1160. The van der Waals surface area contributed by atoms with Gasteiger partial charge in [0.05, 0.1) is 0 Å². The van der Waals surface area contributed by atoms with E-state index < -0.39 is 0 Å². The van der Waals surface area contributed by atoms with Crippen molar-refractivity contribution >= 4 is 43.1 Å². The molecule has 0 spiro atoms. The first-order valence-corrected chi connectivity index (χ1v) is 10.5. The molecular formula is C27H22S. The van der Waals surface area contributed by atoms with Gasteiger partial charge >= 0.3 is 0 Å². The second-order valence-corrected chi connectivity index (χ2v) is 9.15. The predicted molar refractivity (Wildman–Crippen MR) is 125 cm³/mol. The summed E-state index contributed by atoms with van der Waals surface area (Å²) in [5.41, 5.74) is 2.61. The van der Waals surface area contributed by atoms with Crippen molar-refractivity contribution < 1.29 is 0 Å². The van der Waals surface area contributed by atoms with Gasteiger partial charge in [0.1, 0.15) is 0 Å². The van der Waals surface area contributed by atoms with E-state index in [-0.39, 0.29) is 5.41 Å². The van der Waals surface area contributed by atoms with Crippen LogP contribution in [0.2, 0.25) is 0 Å². The molecule has 1 heterocycles. The van der Waals surface area contributed by atoms with Crippen molar-refractivity contribution in [1.29, 1.82) is 0 Å². The smallest absolute Gasteiger partial charge is 0.0163 e. The van der Waals surface area contributed by atoms with Crippen LogP contribution in [0.5, 0.6) is 0 Å². The minimum absolute atomic E-state index is 0.0210. The van der Waals surface area contributed by atoms with Crippen LogP contribution in [0.4, 0.5) is 0 Å². The van der Waals surface area contributed by atoms with Crippen LogP contribution in [-0.2, 0) is 0 Å². The van der Waals surface area contributed by atoms with Gasteiger partial charge in [-0.3, -0.25) is 0 Å². The monoisotopic (exact) mass is 378 g/mol. The molecule has 0 bridgehead atoms. The number of hydrogen-bond acceptors (Lipinski definition) is 1. The Morgan fingerprint density at radius 1 is 0.536 bits per heavy atom. The molecule has 1 aliphatic heterocycles. The highest BCUT2D eigenvalue weighted by atomic mass is 32.2. The van der Waals surface area contributed by atoms with E-state index in [9.17, 15) is 0 Å². The third kappa shape index (κ3) is 3.27. The second kappa shape index (κ2) is 6.68. The molecule has 4 aromatic rings. The molecule has 0 N–H and O–H groups in total. The molecule has 0 aromatic heterocycles. The molecular weight excluding hydrogens is 356 g/mol. The third-order valence-electron chi connectivity index (χ3n) is 5.29. The van der Waals surface area contributed by atoms with Crippen LogP contribution in [0.15, 0.2) is 97.1 Å². The first-order chi connectivity index (χ1) is 13.6. The van der Waals surface area contributed by atoms with Gasteiger partial charge in [0.2, 0.25) is 0 Å². The van der Waals surface area contributed by atoms with Crippen LogP contribution in [0.3, 0.4) is 0 Å². The van der Waals surface area contributed by atoms with Crippen molar-refractivity contribution in [3.05, 3.63) is 108 Å². The van der Waals surface area contributed by atoms with E-state index >= 15 is 0 Å². The largest absolute Gasteiger partial charge is 0.0894 e. The maximum atomic E-state index is 2.40. The topological polar surface area (TPSA) is 0 Å². The summed E-state index contributed by atoms with van der Waals surface area (Å²) in [7, 11) is 0. The molecule has 0 fully saturated rings. The van der Waals surface area contributed by atoms with Gasteiger partial charge in [-0.25, -0.2) is 0 Å². The van der Waals surface area contributed by atoms with Crippen LogP contribution >= 0.6 is 11.8 Å². The lowest BCUT2D eigenvalue weighted by molar-refractivity contribution is 0.630. The first kappa shape index (κ1) is 17.3. The molecule has 0 nitrogen and oxygen atoms in total. The molecule has 5 rings (SSSR count). The quantitative estimate of drug-likeness (QED) is 0.339. The lowest BCUT2D eigenvalue weighted by atomic mass is 9.90. The molecule has 1 heteroatoms. The maximum absolute atomic E-state index is 2.40. The SMILES string of the molecule is CC1(C)C=C(c2ccc3ccccc3c2)SC(c2ccc3ccccc3c2)=C1. The zero-order valence-corrected chi connectivity index (χ0v) is 17.0. The number of fused-ring (bicyclic) bond motifs is 2. The minimum Gasteiger partial charge on any atom is -0.0894 e. The molecule has 4 aromatic carbocycles. The van der Waals surface area contributed by atoms with Crippen molar-refractivity contribution in [3.8, 4) is 0 Å². The molecule has 0 unspecified atom stereocenters. The van der Waals surface area contributed by atoms with Crippen molar-refractivity contribution in [2.45, 2.75) is 13.8 Å². The van der Waals surface area contributed by atoms with Crippen molar-refractivity contribution in [1.82, 2.24) is 0 Å². The molecule has 0 saturated carbocycles. The molecule has 136 valence electrons. The molecule has 0 radical (unpaired) electrons. The first-order valence-electron chi connectivity index (χ1n) is 9.69. The normalized spacial score (nSPS) is 16.1. The fourth-order valence-corrected chi connectivity index (χ4v) is 5.32. The van der Waals surface area contributed by atoms with E-state index in [0.29, 0.717) is 0 Å². The van der Waals surface area contributed by atoms with E-state index in [1.54, 1.807) is 0 Å². The van der Waals surface area contributed by atoms with E-state index in [0.717, 1.165) is 0 Å². The van der Waals surface area contributed by atoms with Crippen LogP contribution in [-0.4, -0.2) is 0 Å². The summed E-state index contributed by atoms with van der Waals surface area (Å²) in [5.74, 6) is 0. The van der Waals surface area contributed by atoms with Gasteiger partial charge in [-0.1, -0.05) is 111 Å². The Balaban J connectivity index is 1.56. The van der Waals surface area contributed by atoms with Gasteiger partial charge in [-0.05, 0) is 44.8 Å². The van der Waals surface area contributed by atoms with Gasteiger partial charge in [0.15, 0.2) is 0 Å². The third-order valence-corrected chi connectivity index (χ3v) is 6.44. The average molecular weight is 379 g/mol. The van der Waals surface area contributed by atoms with Gasteiger partial charge in [0.25, 0.3) is 0 Å². The Labute approximate surface area is 170 Å². The van der Waals surface area contributed by atoms with Gasteiger partial charge in [0, 0.05) is 15.2 Å². The maximum Gasteiger partial charge on any atom is 0.0163 e. The summed E-state index contributed by atoms with van der Waals surface area (Å²) in [4.78, 5) is 2.67. The van der Waals surface area contributed by atoms with Gasteiger partial charge < -0.3 is 0 Å². The van der Waals surface area contributed by atoms with Crippen molar-refractivity contribution in [2.24, 2.45) is 5.41 Å². The summed E-state index contributed by atoms with van der Waals surface area (Å²) in [6, 6.07) is 30.7. The number of benzene rings is 4. The van der Waals surface area contributed by atoms with E-state index in [2.05, 4.69) is 111 Å². The zero-order valence-electron chi connectivity index (χ0n) is 16.1. The Hall–Kier alpha value is -2.77. The highest BCUT2D eigenvalue weighted by Gasteiger charge is 2.23. The van der Waals surface area contributed by atoms with Gasteiger partial charge in [-0.15, -0.1) is 0 Å². The fraction of sp³-hybridized carbons (Fsp3) is 0.111. The van der Waals surface area contributed by atoms with Crippen molar-refractivity contribution in [2.75, 3.05) is 0 Å². The van der Waals surface area contributed by atoms with Gasteiger partial charge in [-0.2, -0.15) is 0 Å². The van der Waals surface area contributed by atoms with E-state index in [1.807, 2.05) is 11.8 Å². The number of rotatable bonds is 2.